The Morgan fingerprint density at radius 3 is 2.55 bits per heavy atom. The van der Waals surface area contributed by atoms with Crippen molar-refractivity contribution in [2.75, 3.05) is 6.54 Å². The Morgan fingerprint density at radius 1 is 1.35 bits per heavy atom. The van der Waals surface area contributed by atoms with Gasteiger partial charge in [0.2, 0.25) is 0 Å². The van der Waals surface area contributed by atoms with Crippen molar-refractivity contribution in [2.24, 2.45) is 5.92 Å². The number of nitriles is 1. The molecule has 1 amide bonds. The Morgan fingerprint density at radius 2 is 2.00 bits per heavy atom. The van der Waals surface area contributed by atoms with Crippen LogP contribution in [0, 0.1) is 17.2 Å². The average molecular weight is 284 g/mol. The van der Waals surface area contributed by atoms with Crippen LogP contribution in [0.25, 0.3) is 0 Å². The normalized spacial score (nSPS) is 22.3. The zero-order valence-electron chi connectivity index (χ0n) is 10.2. The lowest BCUT2D eigenvalue weighted by Gasteiger charge is -2.15. The van der Waals surface area contributed by atoms with Crippen LogP contribution >= 0.6 is 0 Å². The van der Waals surface area contributed by atoms with E-state index in [1.165, 1.54) is 0 Å². The quantitative estimate of drug-likeness (QED) is 0.757. The fraction of sp³-hybridized carbons (Fsp3) is 0.333. The number of hydrogen-bond donors (Lipinski definition) is 3. The number of hydrogen-bond acceptors (Lipinski definition) is 4. The first-order valence-electron chi connectivity index (χ1n) is 5.78. The lowest BCUT2D eigenvalue weighted by Crippen LogP contribution is -2.46. The van der Waals surface area contributed by atoms with Gasteiger partial charge in [-0.25, -0.2) is 5.43 Å². The Bertz CT molecular complexity index is 535. The number of halogens is 3. The molecule has 2 atom stereocenters. The molecule has 0 aliphatic carbocycles. The van der Waals surface area contributed by atoms with E-state index in [9.17, 15) is 18.0 Å². The number of benzene rings is 1. The molecular weight excluding hydrogens is 273 g/mol. The summed E-state index contributed by atoms with van der Waals surface area (Å²) in [6.07, 6.45) is -5.01. The van der Waals surface area contributed by atoms with Crippen LogP contribution in [0.1, 0.15) is 15.9 Å². The van der Waals surface area contributed by atoms with Gasteiger partial charge in [-0.05, 0) is 24.3 Å². The third-order valence-electron chi connectivity index (χ3n) is 2.91. The highest BCUT2D eigenvalue weighted by atomic mass is 19.4. The maximum atomic E-state index is 12.4. The monoisotopic (exact) mass is 284 g/mol. The van der Waals surface area contributed by atoms with Gasteiger partial charge in [-0.15, -0.1) is 0 Å². The fourth-order valence-electron chi connectivity index (χ4n) is 1.79. The van der Waals surface area contributed by atoms with Crippen molar-refractivity contribution in [1.29, 1.82) is 5.26 Å². The van der Waals surface area contributed by atoms with Crippen molar-refractivity contribution in [1.82, 2.24) is 16.2 Å². The second-order valence-electron chi connectivity index (χ2n) is 4.29. The summed E-state index contributed by atoms with van der Waals surface area (Å²) in [4.78, 5) is 11.9. The van der Waals surface area contributed by atoms with Gasteiger partial charge in [0.1, 0.15) is 6.17 Å². The SMILES string of the molecule is N#CC1CNNC1NC(=O)c1ccc(C(F)(F)F)cc1. The minimum absolute atomic E-state index is 0.100. The van der Waals surface area contributed by atoms with Gasteiger partial charge in [-0.2, -0.15) is 18.4 Å². The topological polar surface area (TPSA) is 77.0 Å². The minimum atomic E-state index is -4.43. The van der Waals surface area contributed by atoms with Gasteiger partial charge >= 0.3 is 6.18 Å². The third-order valence-corrected chi connectivity index (χ3v) is 2.91. The van der Waals surface area contributed by atoms with Gasteiger partial charge < -0.3 is 5.32 Å². The number of carbonyl (C=O) groups excluding carboxylic acids is 1. The van der Waals surface area contributed by atoms with Gasteiger partial charge in [0.05, 0.1) is 17.6 Å². The van der Waals surface area contributed by atoms with Crippen molar-refractivity contribution in [3.63, 3.8) is 0 Å². The molecule has 3 N–H and O–H groups in total. The average Bonchev–Trinajstić information content (AvgIpc) is 2.85. The van der Waals surface area contributed by atoms with Crippen LogP contribution < -0.4 is 16.2 Å². The molecule has 0 aromatic heterocycles. The molecule has 2 unspecified atom stereocenters. The molecule has 1 aromatic carbocycles. The van der Waals surface area contributed by atoms with Gasteiger partial charge in [-0.1, -0.05) is 0 Å². The molecule has 5 nitrogen and oxygen atoms in total. The standard InChI is InChI=1S/C12H11F3N4O/c13-12(14,15)9-3-1-7(2-4-9)11(20)18-10-8(5-16)6-17-19-10/h1-4,8,10,17,19H,6H2,(H,18,20). The maximum Gasteiger partial charge on any atom is 0.416 e. The minimum Gasteiger partial charge on any atom is -0.334 e. The number of hydrazine groups is 1. The van der Waals surface area contributed by atoms with E-state index in [-0.39, 0.29) is 5.56 Å². The van der Waals surface area contributed by atoms with Crippen molar-refractivity contribution in [3.8, 4) is 6.07 Å². The molecule has 0 spiro atoms. The third kappa shape index (κ3) is 3.07. The summed E-state index contributed by atoms with van der Waals surface area (Å²) < 4.78 is 37.2. The molecule has 2 rings (SSSR count). The molecule has 1 heterocycles. The van der Waals surface area contributed by atoms with Gasteiger partial charge in [0.15, 0.2) is 0 Å². The predicted molar refractivity (Wildman–Crippen MR) is 62.9 cm³/mol. The van der Waals surface area contributed by atoms with E-state index in [0.717, 1.165) is 24.3 Å². The molecule has 1 saturated heterocycles. The zero-order valence-corrected chi connectivity index (χ0v) is 10.2. The lowest BCUT2D eigenvalue weighted by atomic mass is 10.1. The Kier molecular flexibility index (Phi) is 3.92. The summed E-state index contributed by atoms with van der Waals surface area (Å²) in [6, 6.07) is 5.90. The highest BCUT2D eigenvalue weighted by Gasteiger charge is 2.31. The molecule has 1 aliphatic heterocycles. The molecular formula is C12H11F3N4O. The Balaban J connectivity index is 2.05. The smallest absolute Gasteiger partial charge is 0.334 e. The summed E-state index contributed by atoms with van der Waals surface area (Å²) >= 11 is 0. The number of alkyl halides is 3. The molecule has 0 radical (unpaired) electrons. The van der Waals surface area contributed by atoms with Gasteiger partial charge in [0.25, 0.3) is 5.91 Å². The summed E-state index contributed by atoms with van der Waals surface area (Å²) in [6.45, 7) is 0.383. The molecule has 106 valence electrons. The van der Waals surface area contributed by atoms with Crippen LogP contribution in [-0.2, 0) is 6.18 Å². The van der Waals surface area contributed by atoms with Gasteiger partial charge in [-0.3, -0.25) is 10.2 Å². The Hall–Kier alpha value is -2.11. The fourth-order valence-corrected chi connectivity index (χ4v) is 1.79. The van der Waals surface area contributed by atoms with Crippen LogP contribution in [0.4, 0.5) is 13.2 Å². The Labute approximate surface area is 112 Å². The largest absolute Gasteiger partial charge is 0.416 e. The maximum absolute atomic E-state index is 12.4. The summed E-state index contributed by atoms with van der Waals surface area (Å²) in [5, 5.41) is 11.4. The van der Waals surface area contributed by atoms with Crippen LogP contribution in [-0.4, -0.2) is 18.6 Å². The lowest BCUT2D eigenvalue weighted by molar-refractivity contribution is -0.137. The summed E-state index contributed by atoms with van der Waals surface area (Å²) in [7, 11) is 0. The van der Waals surface area contributed by atoms with E-state index >= 15 is 0 Å². The molecule has 1 fully saturated rings. The number of nitrogens with zero attached hydrogens (tertiary/aromatic N) is 1. The van der Waals surface area contributed by atoms with Crippen molar-refractivity contribution >= 4 is 5.91 Å². The van der Waals surface area contributed by atoms with E-state index < -0.39 is 29.7 Å². The molecule has 0 saturated carbocycles. The van der Waals surface area contributed by atoms with Crippen LogP contribution in [0.15, 0.2) is 24.3 Å². The highest BCUT2D eigenvalue weighted by molar-refractivity contribution is 5.94. The van der Waals surface area contributed by atoms with E-state index in [2.05, 4.69) is 16.2 Å². The zero-order chi connectivity index (χ0) is 14.8. The molecule has 1 aliphatic rings. The van der Waals surface area contributed by atoms with Crippen LogP contribution in [0.2, 0.25) is 0 Å². The van der Waals surface area contributed by atoms with E-state index in [4.69, 9.17) is 5.26 Å². The first-order valence-corrected chi connectivity index (χ1v) is 5.78. The number of carbonyl (C=O) groups is 1. The second kappa shape index (κ2) is 5.48. The van der Waals surface area contributed by atoms with E-state index in [0.29, 0.717) is 6.54 Å². The molecule has 0 bridgehead atoms. The highest BCUT2D eigenvalue weighted by Crippen LogP contribution is 2.29. The number of nitrogens with one attached hydrogen (secondary N) is 3. The molecule has 8 heteroatoms. The van der Waals surface area contributed by atoms with Gasteiger partial charge in [0, 0.05) is 12.1 Å². The second-order valence-corrected chi connectivity index (χ2v) is 4.29. The first kappa shape index (κ1) is 14.3. The van der Waals surface area contributed by atoms with E-state index in [1.54, 1.807) is 0 Å². The van der Waals surface area contributed by atoms with Crippen LogP contribution in [0.3, 0.4) is 0 Å². The van der Waals surface area contributed by atoms with Crippen molar-refractivity contribution in [2.45, 2.75) is 12.3 Å². The molecule has 20 heavy (non-hydrogen) atoms. The number of amides is 1. The first-order chi connectivity index (χ1) is 9.41. The van der Waals surface area contributed by atoms with Crippen molar-refractivity contribution in [3.05, 3.63) is 35.4 Å². The molecule has 1 aromatic rings. The number of rotatable bonds is 2. The van der Waals surface area contributed by atoms with Crippen molar-refractivity contribution < 1.29 is 18.0 Å². The predicted octanol–water partition coefficient (Wildman–Crippen LogP) is 1.01. The summed E-state index contributed by atoms with van der Waals surface area (Å²) in [5.74, 6) is -0.978. The van der Waals surface area contributed by atoms with E-state index in [1.807, 2.05) is 6.07 Å². The summed E-state index contributed by atoms with van der Waals surface area (Å²) in [5.41, 5.74) is 4.72. The van der Waals surface area contributed by atoms with Crippen LogP contribution in [0.5, 0.6) is 0 Å².